The highest BCUT2D eigenvalue weighted by molar-refractivity contribution is 5.56. The second kappa shape index (κ2) is 6.42. The van der Waals surface area contributed by atoms with E-state index >= 15 is 0 Å². The van der Waals surface area contributed by atoms with E-state index < -0.39 is 0 Å². The van der Waals surface area contributed by atoms with Crippen LogP contribution in [0, 0.1) is 0 Å². The van der Waals surface area contributed by atoms with Gasteiger partial charge in [0.15, 0.2) is 0 Å². The first-order chi connectivity index (χ1) is 9.17. The van der Waals surface area contributed by atoms with Crippen molar-refractivity contribution >= 4 is 5.69 Å². The highest BCUT2D eigenvalue weighted by atomic mass is 15.2. The quantitative estimate of drug-likeness (QED) is 0.874. The maximum absolute atomic E-state index is 6.16. The summed E-state index contributed by atoms with van der Waals surface area (Å²) in [5, 5.41) is 0. The summed E-state index contributed by atoms with van der Waals surface area (Å²) in [6.07, 6.45) is 5.91. The van der Waals surface area contributed by atoms with Gasteiger partial charge in [-0.3, -0.25) is 0 Å². The first kappa shape index (κ1) is 14.4. The van der Waals surface area contributed by atoms with Gasteiger partial charge in [0.1, 0.15) is 0 Å². The zero-order valence-corrected chi connectivity index (χ0v) is 12.6. The molecule has 1 saturated heterocycles. The third-order valence-corrected chi connectivity index (χ3v) is 4.53. The van der Waals surface area contributed by atoms with E-state index in [0.717, 1.165) is 12.8 Å². The fourth-order valence-corrected chi connectivity index (χ4v) is 3.27. The Morgan fingerprint density at radius 1 is 1.26 bits per heavy atom. The van der Waals surface area contributed by atoms with E-state index in [1.54, 1.807) is 0 Å². The summed E-state index contributed by atoms with van der Waals surface area (Å²) in [4.78, 5) is 2.64. The smallest absolute Gasteiger partial charge is 0.0404 e. The molecular weight excluding hydrogens is 232 g/mol. The number of hydrogen-bond acceptors (Lipinski definition) is 2. The Kier molecular flexibility index (Phi) is 4.87. The topological polar surface area (TPSA) is 29.3 Å². The lowest BCUT2D eigenvalue weighted by atomic mass is 10.0. The molecule has 19 heavy (non-hydrogen) atoms. The van der Waals surface area contributed by atoms with Crippen molar-refractivity contribution in [2.45, 2.75) is 71.0 Å². The Balaban J connectivity index is 2.28. The third-order valence-electron chi connectivity index (χ3n) is 4.53. The van der Waals surface area contributed by atoms with Crippen LogP contribution in [0.5, 0.6) is 0 Å². The van der Waals surface area contributed by atoms with E-state index in [1.165, 1.54) is 30.5 Å². The van der Waals surface area contributed by atoms with Crippen LogP contribution in [-0.2, 0) is 6.42 Å². The van der Waals surface area contributed by atoms with Crippen molar-refractivity contribution in [3.63, 3.8) is 0 Å². The molecule has 2 rings (SSSR count). The van der Waals surface area contributed by atoms with Crippen LogP contribution in [0.1, 0.15) is 52.0 Å². The van der Waals surface area contributed by atoms with Crippen molar-refractivity contribution in [1.29, 1.82) is 0 Å². The van der Waals surface area contributed by atoms with Gasteiger partial charge in [0.25, 0.3) is 0 Å². The Labute approximate surface area is 118 Å². The van der Waals surface area contributed by atoms with Gasteiger partial charge in [-0.15, -0.1) is 0 Å². The number of nitrogens with zero attached hydrogens (tertiary/aromatic N) is 1. The number of rotatable bonds is 5. The van der Waals surface area contributed by atoms with E-state index in [-0.39, 0.29) is 6.04 Å². The van der Waals surface area contributed by atoms with Gasteiger partial charge >= 0.3 is 0 Å². The van der Waals surface area contributed by atoms with Crippen LogP contribution in [0.15, 0.2) is 24.3 Å². The molecule has 106 valence electrons. The average molecular weight is 260 g/mol. The van der Waals surface area contributed by atoms with Crippen molar-refractivity contribution < 1.29 is 0 Å². The standard InChI is InChI=1S/C17H28N2/c1-4-15(18)12-14-8-6-7-9-17(14)19-13(3)10-11-16(19)5-2/h6-9,13,15-16H,4-5,10-12,18H2,1-3H3. The molecule has 1 fully saturated rings. The molecule has 1 aromatic rings. The van der Waals surface area contributed by atoms with Gasteiger partial charge in [0, 0.05) is 23.8 Å². The molecule has 2 heteroatoms. The number of nitrogens with two attached hydrogens (primary N) is 1. The van der Waals surface area contributed by atoms with Crippen LogP contribution < -0.4 is 10.6 Å². The second-order valence-electron chi connectivity index (χ2n) is 5.90. The third kappa shape index (κ3) is 3.11. The molecule has 2 nitrogen and oxygen atoms in total. The van der Waals surface area contributed by atoms with Crippen LogP contribution >= 0.6 is 0 Å². The fraction of sp³-hybridized carbons (Fsp3) is 0.647. The molecular formula is C17H28N2. The lowest BCUT2D eigenvalue weighted by Crippen LogP contribution is -2.35. The van der Waals surface area contributed by atoms with Gasteiger partial charge in [-0.05, 0) is 50.7 Å². The van der Waals surface area contributed by atoms with Crippen molar-refractivity contribution in [1.82, 2.24) is 0 Å². The Morgan fingerprint density at radius 3 is 2.68 bits per heavy atom. The molecule has 0 bridgehead atoms. The summed E-state index contributed by atoms with van der Waals surface area (Å²) in [7, 11) is 0. The Hall–Kier alpha value is -1.02. The van der Waals surface area contributed by atoms with Crippen molar-refractivity contribution in [2.75, 3.05) is 4.90 Å². The normalized spacial score (nSPS) is 24.7. The first-order valence-electron chi connectivity index (χ1n) is 7.79. The number of anilines is 1. The maximum Gasteiger partial charge on any atom is 0.0404 e. The monoisotopic (exact) mass is 260 g/mol. The predicted molar refractivity (Wildman–Crippen MR) is 83.7 cm³/mol. The molecule has 1 aliphatic heterocycles. The molecule has 0 aliphatic carbocycles. The van der Waals surface area contributed by atoms with E-state index in [2.05, 4.69) is 49.9 Å². The van der Waals surface area contributed by atoms with Crippen LogP contribution in [0.4, 0.5) is 5.69 Å². The highest BCUT2D eigenvalue weighted by Gasteiger charge is 2.30. The van der Waals surface area contributed by atoms with Gasteiger partial charge in [0.05, 0.1) is 0 Å². The summed E-state index contributed by atoms with van der Waals surface area (Å²) >= 11 is 0. The SMILES string of the molecule is CCC(N)Cc1ccccc1N1C(C)CCC1CC. The summed E-state index contributed by atoms with van der Waals surface area (Å²) in [5.41, 5.74) is 9.00. The molecule has 0 amide bonds. The minimum atomic E-state index is 0.277. The number of para-hydroxylation sites is 1. The predicted octanol–water partition coefficient (Wildman–Crippen LogP) is 3.73. The van der Waals surface area contributed by atoms with Gasteiger partial charge in [-0.1, -0.05) is 32.0 Å². The average Bonchev–Trinajstić information content (AvgIpc) is 2.80. The lowest BCUT2D eigenvalue weighted by molar-refractivity contribution is 0.614. The molecule has 0 spiro atoms. The minimum Gasteiger partial charge on any atom is -0.366 e. The van der Waals surface area contributed by atoms with Crippen LogP contribution in [0.3, 0.4) is 0 Å². The zero-order chi connectivity index (χ0) is 13.8. The molecule has 1 heterocycles. The molecule has 0 aromatic heterocycles. The van der Waals surface area contributed by atoms with Crippen molar-refractivity contribution in [3.8, 4) is 0 Å². The summed E-state index contributed by atoms with van der Waals surface area (Å²) in [5.74, 6) is 0. The van der Waals surface area contributed by atoms with Gasteiger partial charge in [-0.2, -0.15) is 0 Å². The molecule has 3 unspecified atom stereocenters. The fourth-order valence-electron chi connectivity index (χ4n) is 3.27. The number of hydrogen-bond donors (Lipinski definition) is 1. The van der Waals surface area contributed by atoms with Crippen LogP contribution in [0.2, 0.25) is 0 Å². The largest absolute Gasteiger partial charge is 0.366 e. The second-order valence-corrected chi connectivity index (χ2v) is 5.90. The van der Waals surface area contributed by atoms with E-state index in [9.17, 15) is 0 Å². The summed E-state index contributed by atoms with van der Waals surface area (Å²) in [6, 6.07) is 10.5. The van der Waals surface area contributed by atoms with Gasteiger partial charge in [0.2, 0.25) is 0 Å². The van der Waals surface area contributed by atoms with Crippen LogP contribution in [0.25, 0.3) is 0 Å². The van der Waals surface area contributed by atoms with Crippen molar-refractivity contribution in [3.05, 3.63) is 29.8 Å². The summed E-state index contributed by atoms with van der Waals surface area (Å²) < 4.78 is 0. The maximum atomic E-state index is 6.16. The van der Waals surface area contributed by atoms with E-state index in [0.29, 0.717) is 12.1 Å². The van der Waals surface area contributed by atoms with Crippen LogP contribution in [-0.4, -0.2) is 18.1 Å². The molecule has 2 N–H and O–H groups in total. The molecule has 1 aliphatic rings. The molecule has 0 radical (unpaired) electrons. The first-order valence-corrected chi connectivity index (χ1v) is 7.79. The minimum absolute atomic E-state index is 0.277. The summed E-state index contributed by atoms with van der Waals surface area (Å²) in [6.45, 7) is 6.82. The zero-order valence-electron chi connectivity index (χ0n) is 12.6. The Bertz CT molecular complexity index is 402. The van der Waals surface area contributed by atoms with E-state index in [4.69, 9.17) is 5.73 Å². The molecule has 1 aromatic carbocycles. The van der Waals surface area contributed by atoms with Crippen molar-refractivity contribution in [2.24, 2.45) is 5.73 Å². The molecule has 0 saturated carbocycles. The lowest BCUT2D eigenvalue weighted by Gasteiger charge is -2.32. The van der Waals surface area contributed by atoms with Gasteiger partial charge in [-0.25, -0.2) is 0 Å². The molecule has 3 atom stereocenters. The van der Waals surface area contributed by atoms with E-state index in [1.807, 2.05) is 0 Å². The van der Waals surface area contributed by atoms with Gasteiger partial charge < -0.3 is 10.6 Å². The Morgan fingerprint density at radius 2 is 2.00 bits per heavy atom. The highest BCUT2D eigenvalue weighted by Crippen LogP contribution is 2.34. The number of benzene rings is 1.